The van der Waals surface area contributed by atoms with Crippen LogP contribution >= 0.6 is 23.2 Å². The number of ether oxygens (including phenoxy) is 2. The van der Waals surface area contributed by atoms with E-state index < -0.39 is 0 Å². The van der Waals surface area contributed by atoms with Crippen LogP contribution in [0.4, 0.5) is 5.69 Å². The van der Waals surface area contributed by atoms with Crippen molar-refractivity contribution >= 4 is 34.8 Å². The van der Waals surface area contributed by atoms with Crippen LogP contribution in [-0.4, -0.2) is 55.2 Å². The summed E-state index contributed by atoms with van der Waals surface area (Å²) < 4.78 is 10.8. The van der Waals surface area contributed by atoms with Gasteiger partial charge in [0, 0.05) is 37.7 Å². The van der Waals surface area contributed by atoms with Crippen LogP contribution in [0.1, 0.15) is 5.56 Å². The minimum atomic E-state index is -0.0755. The molecule has 2 heterocycles. The number of halogens is 2. The van der Waals surface area contributed by atoms with Crippen molar-refractivity contribution in [2.75, 3.05) is 44.8 Å². The Balaban J connectivity index is 1.24. The molecule has 0 saturated carbocycles. The smallest absolute Gasteiger partial charge is 0.238 e. The molecule has 6 nitrogen and oxygen atoms in total. The number of anilines is 1. The molecule has 0 bridgehead atoms. The van der Waals surface area contributed by atoms with Crippen molar-refractivity contribution in [2.24, 2.45) is 0 Å². The fraction of sp³-hybridized carbons (Fsp3) is 0.350. The number of amides is 1. The molecule has 28 heavy (non-hydrogen) atoms. The first-order valence-electron chi connectivity index (χ1n) is 9.15. The van der Waals surface area contributed by atoms with Gasteiger partial charge < -0.3 is 14.8 Å². The van der Waals surface area contributed by atoms with Crippen LogP contribution in [-0.2, 0) is 11.3 Å². The summed E-state index contributed by atoms with van der Waals surface area (Å²) in [6.45, 7) is 4.99. The summed E-state index contributed by atoms with van der Waals surface area (Å²) >= 11 is 12.0. The maximum absolute atomic E-state index is 12.3. The number of nitrogens with zero attached hydrogens (tertiary/aromatic N) is 2. The van der Waals surface area contributed by atoms with Gasteiger partial charge in [-0.15, -0.1) is 0 Å². The average molecular weight is 422 g/mol. The van der Waals surface area contributed by atoms with E-state index in [9.17, 15) is 4.79 Å². The molecule has 2 aliphatic heterocycles. The maximum atomic E-state index is 12.3. The Morgan fingerprint density at radius 3 is 2.50 bits per heavy atom. The van der Waals surface area contributed by atoms with E-state index in [2.05, 4.69) is 21.2 Å². The zero-order valence-corrected chi connectivity index (χ0v) is 16.8. The zero-order chi connectivity index (χ0) is 19.5. The summed E-state index contributed by atoms with van der Waals surface area (Å²) in [4.78, 5) is 16.8. The lowest BCUT2D eigenvalue weighted by Crippen LogP contribution is -2.48. The first-order chi connectivity index (χ1) is 13.6. The van der Waals surface area contributed by atoms with Gasteiger partial charge in [0.15, 0.2) is 11.5 Å². The number of nitrogens with one attached hydrogen (secondary N) is 1. The number of fused-ring (bicyclic) bond motifs is 1. The molecule has 0 atom stereocenters. The Morgan fingerprint density at radius 1 is 0.964 bits per heavy atom. The Kier molecular flexibility index (Phi) is 5.92. The third kappa shape index (κ3) is 4.70. The Bertz CT molecular complexity index is 870. The summed E-state index contributed by atoms with van der Waals surface area (Å²) in [5.41, 5.74) is 1.78. The van der Waals surface area contributed by atoms with Gasteiger partial charge in [0.1, 0.15) is 0 Å². The molecule has 0 spiro atoms. The molecule has 8 heteroatoms. The number of benzene rings is 2. The molecule has 4 rings (SSSR count). The second kappa shape index (κ2) is 8.57. The highest BCUT2D eigenvalue weighted by Gasteiger charge is 2.20. The van der Waals surface area contributed by atoms with Gasteiger partial charge in [-0.25, -0.2) is 0 Å². The fourth-order valence-electron chi connectivity index (χ4n) is 3.39. The zero-order valence-electron chi connectivity index (χ0n) is 15.3. The standard InChI is InChI=1S/C20H21Cl2N3O3/c21-15-2-3-17(16(22)10-15)23-20(26)12-25-7-5-24(6-8-25)11-14-1-4-18-19(9-14)28-13-27-18/h1-4,9-10H,5-8,11-13H2,(H,23,26). The molecular formula is C20H21Cl2N3O3. The van der Waals surface area contributed by atoms with Gasteiger partial charge in [-0.05, 0) is 35.9 Å². The van der Waals surface area contributed by atoms with Crippen molar-refractivity contribution in [2.45, 2.75) is 6.54 Å². The van der Waals surface area contributed by atoms with Gasteiger partial charge in [-0.3, -0.25) is 14.6 Å². The van der Waals surface area contributed by atoms with E-state index in [1.807, 2.05) is 12.1 Å². The molecule has 0 radical (unpaired) electrons. The average Bonchev–Trinajstić information content (AvgIpc) is 3.13. The number of hydrogen-bond donors (Lipinski definition) is 1. The first-order valence-corrected chi connectivity index (χ1v) is 9.90. The van der Waals surface area contributed by atoms with Gasteiger partial charge >= 0.3 is 0 Å². The van der Waals surface area contributed by atoms with E-state index in [1.165, 1.54) is 5.56 Å². The number of piperazine rings is 1. The molecule has 2 aromatic carbocycles. The lowest BCUT2D eigenvalue weighted by Gasteiger charge is -2.34. The molecule has 0 aromatic heterocycles. The summed E-state index contributed by atoms with van der Waals surface area (Å²) in [5, 5.41) is 3.83. The van der Waals surface area contributed by atoms with E-state index in [0.717, 1.165) is 44.2 Å². The molecule has 0 aliphatic carbocycles. The highest BCUT2D eigenvalue weighted by molar-refractivity contribution is 6.36. The van der Waals surface area contributed by atoms with Gasteiger partial charge in [0.2, 0.25) is 12.7 Å². The van der Waals surface area contributed by atoms with Gasteiger partial charge in [0.25, 0.3) is 0 Å². The van der Waals surface area contributed by atoms with Crippen LogP contribution < -0.4 is 14.8 Å². The predicted molar refractivity (Wildman–Crippen MR) is 109 cm³/mol. The van der Waals surface area contributed by atoms with Crippen molar-refractivity contribution in [1.29, 1.82) is 0 Å². The normalized spacial score (nSPS) is 16.9. The SMILES string of the molecule is O=C(CN1CCN(Cc2ccc3c(c2)OCO3)CC1)Nc1ccc(Cl)cc1Cl. The van der Waals surface area contributed by atoms with Gasteiger partial charge in [-0.2, -0.15) is 0 Å². The van der Waals surface area contributed by atoms with Crippen molar-refractivity contribution in [3.63, 3.8) is 0 Å². The van der Waals surface area contributed by atoms with Crippen LogP contribution in [0.15, 0.2) is 36.4 Å². The summed E-state index contributed by atoms with van der Waals surface area (Å²) in [6, 6.07) is 11.1. The van der Waals surface area contributed by atoms with Crippen molar-refractivity contribution < 1.29 is 14.3 Å². The minimum absolute atomic E-state index is 0.0755. The van der Waals surface area contributed by atoms with E-state index >= 15 is 0 Å². The van der Waals surface area contributed by atoms with Crippen LogP contribution in [0.5, 0.6) is 11.5 Å². The number of carbonyl (C=O) groups excluding carboxylic acids is 1. The van der Waals surface area contributed by atoms with Crippen molar-refractivity contribution in [3.05, 3.63) is 52.0 Å². The Labute approximate surface area is 173 Å². The topological polar surface area (TPSA) is 54.0 Å². The van der Waals surface area contributed by atoms with Gasteiger partial charge in [0.05, 0.1) is 17.3 Å². The van der Waals surface area contributed by atoms with Crippen LogP contribution in [0.2, 0.25) is 10.0 Å². The predicted octanol–water partition coefficient (Wildman–Crippen LogP) is 3.48. The molecule has 148 valence electrons. The highest BCUT2D eigenvalue weighted by Crippen LogP contribution is 2.32. The lowest BCUT2D eigenvalue weighted by molar-refractivity contribution is -0.117. The van der Waals surface area contributed by atoms with Gasteiger partial charge in [-0.1, -0.05) is 29.3 Å². The second-order valence-corrected chi connectivity index (χ2v) is 7.76. The molecule has 2 aromatic rings. The molecule has 0 unspecified atom stereocenters. The summed E-state index contributed by atoms with van der Waals surface area (Å²) in [5.74, 6) is 1.54. The Morgan fingerprint density at radius 2 is 1.71 bits per heavy atom. The second-order valence-electron chi connectivity index (χ2n) is 6.91. The maximum Gasteiger partial charge on any atom is 0.238 e. The van der Waals surface area contributed by atoms with E-state index in [-0.39, 0.29) is 5.91 Å². The molecule has 1 saturated heterocycles. The minimum Gasteiger partial charge on any atom is -0.454 e. The molecule has 1 fully saturated rings. The van der Waals surface area contributed by atoms with Crippen molar-refractivity contribution in [3.8, 4) is 11.5 Å². The quantitative estimate of drug-likeness (QED) is 0.800. The summed E-state index contributed by atoms with van der Waals surface area (Å²) in [6.07, 6.45) is 0. The number of rotatable bonds is 5. The number of carbonyl (C=O) groups is 1. The van der Waals surface area contributed by atoms with Crippen LogP contribution in [0.25, 0.3) is 0 Å². The third-order valence-corrected chi connectivity index (χ3v) is 5.43. The monoisotopic (exact) mass is 421 g/mol. The van der Waals surface area contributed by atoms with E-state index in [1.54, 1.807) is 18.2 Å². The molecule has 2 aliphatic rings. The molecule has 1 N–H and O–H groups in total. The molecular weight excluding hydrogens is 401 g/mol. The summed E-state index contributed by atoms with van der Waals surface area (Å²) in [7, 11) is 0. The van der Waals surface area contributed by atoms with E-state index in [0.29, 0.717) is 29.1 Å². The highest BCUT2D eigenvalue weighted by atomic mass is 35.5. The third-order valence-electron chi connectivity index (χ3n) is 4.88. The fourth-order valence-corrected chi connectivity index (χ4v) is 3.84. The van der Waals surface area contributed by atoms with Crippen LogP contribution in [0, 0.1) is 0 Å². The molecule has 1 amide bonds. The number of hydrogen-bond acceptors (Lipinski definition) is 5. The first kappa shape index (κ1) is 19.3. The van der Waals surface area contributed by atoms with E-state index in [4.69, 9.17) is 32.7 Å². The Hall–Kier alpha value is -1.99. The lowest BCUT2D eigenvalue weighted by atomic mass is 10.1. The van der Waals surface area contributed by atoms with Crippen molar-refractivity contribution in [1.82, 2.24) is 9.80 Å². The van der Waals surface area contributed by atoms with Crippen LogP contribution in [0.3, 0.4) is 0 Å². The largest absolute Gasteiger partial charge is 0.454 e.